The van der Waals surface area contributed by atoms with E-state index in [-0.39, 0.29) is 0 Å². The molecule has 8 heteroatoms. The van der Waals surface area contributed by atoms with Crippen LogP contribution in [0.4, 0.5) is 5.13 Å². The van der Waals surface area contributed by atoms with Gasteiger partial charge in [0.15, 0.2) is 5.13 Å². The second kappa shape index (κ2) is 7.82. The lowest BCUT2D eigenvalue weighted by atomic mass is 10.1. The van der Waals surface area contributed by atoms with Gasteiger partial charge in [-0.25, -0.2) is 18.1 Å². The van der Waals surface area contributed by atoms with Crippen LogP contribution < -0.4 is 9.62 Å². The predicted octanol–water partition coefficient (Wildman–Crippen LogP) is 1.65. The molecule has 1 aliphatic heterocycles. The smallest absolute Gasteiger partial charge is 0.208 e. The highest BCUT2D eigenvalue weighted by molar-refractivity contribution is 7.88. The molecule has 1 saturated heterocycles. The Labute approximate surface area is 153 Å². The van der Waals surface area contributed by atoms with Crippen molar-refractivity contribution in [1.82, 2.24) is 14.6 Å². The average Bonchev–Trinajstić information content (AvgIpc) is 3.05. The van der Waals surface area contributed by atoms with Crippen LogP contribution in [0.25, 0.3) is 11.3 Å². The molecule has 3 rings (SSSR count). The molecule has 0 atom stereocenters. The van der Waals surface area contributed by atoms with E-state index in [2.05, 4.69) is 39.1 Å². The zero-order valence-corrected chi connectivity index (χ0v) is 16.2. The summed E-state index contributed by atoms with van der Waals surface area (Å²) in [5.41, 5.74) is 3.20. The zero-order chi connectivity index (χ0) is 17.9. The fourth-order valence-electron chi connectivity index (χ4n) is 2.76. The Morgan fingerprint density at radius 1 is 1.16 bits per heavy atom. The number of piperazine rings is 1. The minimum atomic E-state index is -3.12. The maximum atomic E-state index is 11.1. The van der Waals surface area contributed by atoms with Crippen molar-refractivity contribution in [3.63, 3.8) is 0 Å². The number of rotatable bonds is 6. The molecule has 2 heterocycles. The summed E-state index contributed by atoms with van der Waals surface area (Å²) in [6, 6.07) is 8.18. The fraction of sp³-hybridized carbons (Fsp3) is 0.471. The minimum absolute atomic E-state index is 0.419. The van der Waals surface area contributed by atoms with E-state index < -0.39 is 10.0 Å². The van der Waals surface area contributed by atoms with Crippen molar-refractivity contribution in [1.29, 1.82) is 0 Å². The molecule has 1 aromatic heterocycles. The third-order valence-corrected chi connectivity index (χ3v) is 5.92. The molecular formula is C17H24N4O2S2. The number of nitrogens with one attached hydrogen (secondary N) is 1. The molecule has 1 N–H and O–H groups in total. The molecule has 1 aromatic carbocycles. The second-order valence-corrected chi connectivity index (χ2v) is 9.09. The number of sulfonamides is 1. The maximum Gasteiger partial charge on any atom is 0.208 e. The summed E-state index contributed by atoms with van der Waals surface area (Å²) in [6.45, 7) is 4.62. The Hall–Kier alpha value is -1.48. The minimum Gasteiger partial charge on any atom is -0.346 e. The van der Waals surface area contributed by atoms with Crippen LogP contribution in [-0.2, 0) is 16.4 Å². The van der Waals surface area contributed by atoms with Gasteiger partial charge in [-0.05, 0) is 19.0 Å². The van der Waals surface area contributed by atoms with E-state index in [1.807, 2.05) is 12.1 Å². The molecule has 0 spiro atoms. The fourth-order valence-corrected chi connectivity index (χ4v) is 4.12. The molecular weight excluding hydrogens is 356 g/mol. The molecule has 0 unspecified atom stereocenters. The first-order valence-corrected chi connectivity index (χ1v) is 11.1. The number of aromatic nitrogens is 1. The van der Waals surface area contributed by atoms with E-state index in [0.29, 0.717) is 13.0 Å². The Bertz CT molecular complexity index is 794. The van der Waals surface area contributed by atoms with E-state index >= 15 is 0 Å². The molecule has 2 aromatic rings. The molecule has 1 aliphatic rings. The van der Waals surface area contributed by atoms with Crippen LogP contribution in [0.15, 0.2) is 29.6 Å². The van der Waals surface area contributed by atoms with Crippen LogP contribution in [-0.4, -0.2) is 64.3 Å². The summed E-state index contributed by atoms with van der Waals surface area (Å²) >= 11 is 1.69. The molecule has 0 saturated carbocycles. The summed E-state index contributed by atoms with van der Waals surface area (Å²) in [5, 5.41) is 3.19. The SMILES string of the molecule is CN1CCN(c2nc(-c3ccc(CCNS(C)(=O)=O)cc3)cs2)CC1. The number of anilines is 1. The summed E-state index contributed by atoms with van der Waals surface area (Å²) in [6.07, 6.45) is 1.85. The van der Waals surface area contributed by atoms with E-state index in [4.69, 9.17) is 4.98 Å². The lowest BCUT2D eigenvalue weighted by Gasteiger charge is -2.32. The topological polar surface area (TPSA) is 65.5 Å². The molecule has 0 aliphatic carbocycles. The van der Waals surface area contributed by atoms with Gasteiger partial charge in [-0.2, -0.15) is 0 Å². The van der Waals surface area contributed by atoms with E-state index in [1.54, 1.807) is 11.3 Å². The van der Waals surface area contributed by atoms with Gasteiger partial charge in [0.1, 0.15) is 0 Å². The first-order valence-electron chi connectivity index (χ1n) is 8.34. The van der Waals surface area contributed by atoms with Crippen LogP contribution in [0.3, 0.4) is 0 Å². The summed E-state index contributed by atoms with van der Waals surface area (Å²) in [7, 11) is -0.973. The van der Waals surface area contributed by atoms with Gasteiger partial charge in [0.2, 0.25) is 10.0 Å². The van der Waals surface area contributed by atoms with Crippen LogP contribution in [0.5, 0.6) is 0 Å². The quantitative estimate of drug-likeness (QED) is 0.826. The van der Waals surface area contributed by atoms with E-state index in [9.17, 15) is 8.42 Å². The van der Waals surface area contributed by atoms with Gasteiger partial charge >= 0.3 is 0 Å². The highest BCUT2D eigenvalue weighted by Crippen LogP contribution is 2.28. The summed E-state index contributed by atoms with van der Waals surface area (Å²) in [5.74, 6) is 0. The first kappa shape index (κ1) is 18.3. The van der Waals surface area contributed by atoms with Gasteiger partial charge < -0.3 is 9.80 Å². The standard InChI is InChI=1S/C17H24N4O2S2/c1-20-9-11-21(12-10-20)17-19-16(13-24-17)15-5-3-14(4-6-15)7-8-18-25(2,22)23/h3-6,13,18H,7-12H2,1-2H3. The van der Waals surface area contributed by atoms with Crippen molar-refractivity contribution in [2.75, 3.05) is 50.9 Å². The van der Waals surface area contributed by atoms with Crippen molar-refractivity contribution >= 4 is 26.5 Å². The van der Waals surface area contributed by atoms with Gasteiger partial charge in [0.05, 0.1) is 11.9 Å². The number of nitrogens with zero attached hydrogens (tertiary/aromatic N) is 3. The number of benzene rings is 1. The van der Waals surface area contributed by atoms with Crippen molar-refractivity contribution in [2.45, 2.75) is 6.42 Å². The Balaban J connectivity index is 1.61. The Kier molecular flexibility index (Phi) is 5.73. The molecule has 25 heavy (non-hydrogen) atoms. The third kappa shape index (κ3) is 5.24. The highest BCUT2D eigenvalue weighted by Gasteiger charge is 2.17. The molecule has 0 radical (unpaired) electrons. The third-order valence-electron chi connectivity index (χ3n) is 4.29. The van der Waals surface area contributed by atoms with Crippen molar-refractivity contribution in [3.05, 3.63) is 35.2 Å². The normalized spacial score (nSPS) is 16.3. The number of hydrogen-bond donors (Lipinski definition) is 1. The Morgan fingerprint density at radius 3 is 2.48 bits per heavy atom. The molecule has 0 amide bonds. The van der Waals surface area contributed by atoms with Gasteiger partial charge in [-0.15, -0.1) is 11.3 Å². The Morgan fingerprint density at radius 2 is 1.84 bits per heavy atom. The average molecular weight is 381 g/mol. The monoisotopic (exact) mass is 380 g/mol. The van der Waals surface area contributed by atoms with Crippen LogP contribution in [0.2, 0.25) is 0 Å². The van der Waals surface area contributed by atoms with Crippen molar-refractivity contribution < 1.29 is 8.42 Å². The number of likely N-dealkylation sites (N-methyl/N-ethyl adjacent to an activating group) is 1. The molecule has 136 valence electrons. The molecule has 6 nitrogen and oxygen atoms in total. The highest BCUT2D eigenvalue weighted by atomic mass is 32.2. The van der Waals surface area contributed by atoms with Gasteiger partial charge in [0, 0.05) is 43.7 Å². The van der Waals surface area contributed by atoms with Crippen molar-refractivity contribution in [3.8, 4) is 11.3 Å². The first-order chi connectivity index (χ1) is 11.9. The van der Waals surface area contributed by atoms with E-state index in [0.717, 1.165) is 48.1 Å². The molecule has 0 bridgehead atoms. The van der Waals surface area contributed by atoms with Crippen LogP contribution in [0, 0.1) is 0 Å². The summed E-state index contributed by atoms with van der Waals surface area (Å²) in [4.78, 5) is 9.47. The lowest BCUT2D eigenvalue weighted by molar-refractivity contribution is 0.313. The number of hydrogen-bond acceptors (Lipinski definition) is 6. The van der Waals surface area contributed by atoms with E-state index in [1.165, 1.54) is 6.26 Å². The number of thiazole rings is 1. The summed E-state index contributed by atoms with van der Waals surface area (Å²) < 4.78 is 24.7. The van der Waals surface area contributed by atoms with Gasteiger partial charge in [-0.3, -0.25) is 0 Å². The second-order valence-electron chi connectivity index (χ2n) is 6.42. The van der Waals surface area contributed by atoms with Crippen LogP contribution >= 0.6 is 11.3 Å². The van der Waals surface area contributed by atoms with Gasteiger partial charge in [0.25, 0.3) is 0 Å². The predicted molar refractivity (Wildman–Crippen MR) is 104 cm³/mol. The van der Waals surface area contributed by atoms with Crippen molar-refractivity contribution in [2.24, 2.45) is 0 Å². The van der Waals surface area contributed by atoms with Crippen LogP contribution in [0.1, 0.15) is 5.56 Å². The largest absolute Gasteiger partial charge is 0.346 e. The van der Waals surface area contributed by atoms with Gasteiger partial charge in [-0.1, -0.05) is 24.3 Å². The zero-order valence-electron chi connectivity index (χ0n) is 14.6. The molecule has 1 fully saturated rings. The lowest BCUT2D eigenvalue weighted by Crippen LogP contribution is -2.44. The maximum absolute atomic E-state index is 11.1.